The number of thiol groups is 1. The topological polar surface area (TPSA) is 29.1 Å². The highest BCUT2D eigenvalue weighted by Crippen LogP contribution is 2.20. The molecule has 2 nitrogen and oxygen atoms in total. The summed E-state index contributed by atoms with van der Waals surface area (Å²) in [6.07, 6.45) is 4.68. The maximum atomic E-state index is 12.0. The highest BCUT2D eigenvalue weighted by molar-refractivity contribution is 7.80. The fraction of sp³-hybridized carbons (Fsp3) is 0.462. The van der Waals surface area contributed by atoms with Crippen LogP contribution in [0.2, 0.25) is 0 Å². The molecule has 1 fully saturated rings. The minimum absolute atomic E-state index is 0.0110. The molecule has 1 saturated carbocycles. The zero-order valence-electron chi connectivity index (χ0n) is 9.49. The van der Waals surface area contributed by atoms with Gasteiger partial charge in [0, 0.05) is 10.9 Å². The Kier molecular flexibility index (Phi) is 3.54. The van der Waals surface area contributed by atoms with Crippen molar-refractivity contribution in [3.05, 3.63) is 29.3 Å². The molecule has 0 radical (unpaired) electrons. The van der Waals surface area contributed by atoms with Crippen LogP contribution in [0.15, 0.2) is 23.1 Å². The number of hydrogen-bond donors (Lipinski definition) is 2. The van der Waals surface area contributed by atoms with E-state index in [1.165, 1.54) is 12.8 Å². The Labute approximate surface area is 102 Å². The molecule has 86 valence electrons. The summed E-state index contributed by atoms with van der Waals surface area (Å²) in [4.78, 5) is 12.7. The Balaban J connectivity index is 2.08. The molecule has 3 heteroatoms. The van der Waals surface area contributed by atoms with Crippen molar-refractivity contribution >= 4 is 18.5 Å². The van der Waals surface area contributed by atoms with Crippen LogP contribution in [-0.2, 0) is 0 Å². The lowest BCUT2D eigenvalue weighted by atomic mass is 10.1. The minimum Gasteiger partial charge on any atom is -0.349 e. The van der Waals surface area contributed by atoms with Gasteiger partial charge in [0.05, 0.1) is 5.56 Å². The van der Waals surface area contributed by atoms with Gasteiger partial charge in [0.2, 0.25) is 0 Å². The molecule has 0 spiro atoms. The molecule has 0 saturated heterocycles. The zero-order chi connectivity index (χ0) is 11.5. The summed E-state index contributed by atoms with van der Waals surface area (Å²) in [6, 6.07) is 6.08. The minimum atomic E-state index is 0.0110. The van der Waals surface area contributed by atoms with Crippen molar-refractivity contribution in [2.24, 2.45) is 0 Å². The molecule has 1 aromatic carbocycles. The van der Waals surface area contributed by atoms with Crippen LogP contribution in [0.25, 0.3) is 0 Å². The van der Waals surface area contributed by atoms with Crippen molar-refractivity contribution in [3.8, 4) is 0 Å². The van der Waals surface area contributed by atoms with E-state index >= 15 is 0 Å². The van der Waals surface area contributed by atoms with Crippen molar-refractivity contribution in [2.45, 2.75) is 43.5 Å². The number of rotatable bonds is 2. The number of aryl methyl sites for hydroxylation is 1. The summed E-state index contributed by atoms with van der Waals surface area (Å²) in [7, 11) is 0. The number of amides is 1. The van der Waals surface area contributed by atoms with Gasteiger partial charge in [-0.2, -0.15) is 0 Å². The van der Waals surface area contributed by atoms with E-state index in [4.69, 9.17) is 0 Å². The van der Waals surface area contributed by atoms with Crippen LogP contribution in [0.3, 0.4) is 0 Å². The highest BCUT2D eigenvalue weighted by atomic mass is 32.1. The Bertz CT molecular complexity index is 397. The maximum absolute atomic E-state index is 12.0. The maximum Gasteiger partial charge on any atom is 0.252 e. The monoisotopic (exact) mass is 235 g/mol. The van der Waals surface area contributed by atoms with E-state index in [0.29, 0.717) is 11.6 Å². The zero-order valence-corrected chi connectivity index (χ0v) is 10.4. The quantitative estimate of drug-likeness (QED) is 0.758. The molecule has 0 unspecified atom stereocenters. The number of carbonyl (C=O) groups excluding carboxylic acids is 1. The van der Waals surface area contributed by atoms with Gasteiger partial charge in [-0.1, -0.05) is 18.9 Å². The van der Waals surface area contributed by atoms with Crippen molar-refractivity contribution in [1.82, 2.24) is 5.32 Å². The number of carbonyl (C=O) groups is 1. The lowest BCUT2D eigenvalue weighted by molar-refractivity contribution is 0.0935. The SMILES string of the molecule is Cc1ccc(C(=O)NC2CCCC2)c(S)c1. The van der Waals surface area contributed by atoms with E-state index in [9.17, 15) is 4.79 Å². The van der Waals surface area contributed by atoms with Crippen molar-refractivity contribution < 1.29 is 4.79 Å². The second kappa shape index (κ2) is 4.91. The third kappa shape index (κ3) is 2.59. The smallest absolute Gasteiger partial charge is 0.252 e. The first-order chi connectivity index (χ1) is 7.66. The van der Waals surface area contributed by atoms with Gasteiger partial charge in [-0.05, 0) is 37.5 Å². The molecular weight excluding hydrogens is 218 g/mol. The van der Waals surface area contributed by atoms with Crippen molar-refractivity contribution in [1.29, 1.82) is 0 Å². The molecule has 0 atom stereocenters. The van der Waals surface area contributed by atoms with Crippen LogP contribution >= 0.6 is 12.6 Å². The van der Waals surface area contributed by atoms with Crippen molar-refractivity contribution in [3.63, 3.8) is 0 Å². The van der Waals surface area contributed by atoms with Gasteiger partial charge in [0.15, 0.2) is 0 Å². The largest absolute Gasteiger partial charge is 0.349 e. The fourth-order valence-corrected chi connectivity index (χ4v) is 2.55. The van der Waals surface area contributed by atoms with E-state index < -0.39 is 0 Å². The molecular formula is C13H17NOS. The first-order valence-electron chi connectivity index (χ1n) is 5.77. The van der Waals surface area contributed by atoms with Crippen LogP contribution in [0.1, 0.15) is 41.6 Å². The Morgan fingerprint density at radius 2 is 2.06 bits per heavy atom. The average molecular weight is 235 g/mol. The Morgan fingerprint density at radius 3 is 2.69 bits per heavy atom. The van der Waals surface area contributed by atoms with Gasteiger partial charge in [-0.25, -0.2) is 0 Å². The van der Waals surface area contributed by atoms with Crippen LogP contribution in [0.5, 0.6) is 0 Å². The second-order valence-corrected chi connectivity index (χ2v) is 4.96. The van der Waals surface area contributed by atoms with E-state index in [2.05, 4.69) is 17.9 Å². The fourth-order valence-electron chi connectivity index (χ4n) is 2.17. The number of nitrogens with one attached hydrogen (secondary N) is 1. The van der Waals surface area contributed by atoms with Crippen LogP contribution in [-0.4, -0.2) is 11.9 Å². The normalized spacial score (nSPS) is 16.4. The second-order valence-electron chi connectivity index (χ2n) is 4.48. The van der Waals surface area contributed by atoms with Crippen LogP contribution < -0.4 is 5.32 Å². The summed E-state index contributed by atoms with van der Waals surface area (Å²) >= 11 is 4.34. The summed E-state index contributed by atoms with van der Waals surface area (Å²) < 4.78 is 0. The molecule has 0 heterocycles. The Hall–Kier alpha value is -0.960. The van der Waals surface area contributed by atoms with Gasteiger partial charge >= 0.3 is 0 Å². The Morgan fingerprint density at radius 1 is 1.38 bits per heavy atom. The van der Waals surface area contributed by atoms with E-state index in [1.807, 2.05) is 25.1 Å². The van der Waals surface area contributed by atoms with Crippen molar-refractivity contribution in [2.75, 3.05) is 0 Å². The molecule has 2 rings (SSSR count). The van der Waals surface area contributed by atoms with E-state index in [1.54, 1.807) is 0 Å². The lowest BCUT2D eigenvalue weighted by Gasteiger charge is -2.13. The van der Waals surface area contributed by atoms with Gasteiger partial charge in [-0.15, -0.1) is 12.6 Å². The van der Waals surface area contributed by atoms with Gasteiger partial charge in [0.25, 0.3) is 5.91 Å². The number of benzene rings is 1. The first-order valence-corrected chi connectivity index (χ1v) is 6.22. The molecule has 0 aromatic heterocycles. The third-order valence-electron chi connectivity index (χ3n) is 3.09. The van der Waals surface area contributed by atoms with Gasteiger partial charge in [-0.3, -0.25) is 4.79 Å². The molecule has 1 amide bonds. The van der Waals surface area contributed by atoms with Gasteiger partial charge in [0.1, 0.15) is 0 Å². The number of hydrogen-bond acceptors (Lipinski definition) is 2. The predicted molar refractivity (Wildman–Crippen MR) is 68.2 cm³/mol. The third-order valence-corrected chi connectivity index (χ3v) is 3.46. The molecule has 0 bridgehead atoms. The first kappa shape index (κ1) is 11.5. The van der Waals surface area contributed by atoms with E-state index in [-0.39, 0.29) is 5.91 Å². The standard InChI is InChI=1S/C13H17NOS/c1-9-6-7-11(12(16)8-9)13(15)14-10-4-2-3-5-10/h6-8,10,16H,2-5H2,1H3,(H,14,15). The molecule has 1 aromatic rings. The highest BCUT2D eigenvalue weighted by Gasteiger charge is 2.18. The molecule has 1 aliphatic carbocycles. The predicted octanol–water partition coefficient (Wildman–Crippen LogP) is 2.96. The molecule has 16 heavy (non-hydrogen) atoms. The summed E-state index contributed by atoms with van der Waals surface area (Å²) in [6.45, 7) is 2.00. The molecule has 0 aliphatic heterocycles. The van der Waals surface area contributed by atoms with Crippen LogP contribution in [0, 0.1) is 6.92 Å². The summed E-state index contributed by atoms with van der Waals surface area (Å²) in [5.74, 6) is 0.0110. The molecule has 1 N–H and O–H groups in total. The molecule has 1 aliphatic rings. The average Bonchev–Trinajstić information content (AvgIpc) is 2.70. The van der Waals surface area contributed by atoms with Gasteiger partial charge < -0.3 is 5.32 Å². The van der Waals surface area contributed by atoms with E-state index in [0.717, 1.165) is 23.3 Å². The van der Waals surface area contributed by atoms with Crippen LogP contribution in [0.4, 0.5) is 0 Å². The lowest BCUT2D eigenvalue weighted by Crippen LogP contribution is -2.32. The summed E-state index contributed by atoms with van der Waals surface area (Å²) in [5, 5.41) is 3.07. The summed E-state index contributed by atoms with van der Waals surface area (Å²) in [5.41, 5.74) is 1.81.